The fraction of sp³-hybridized carbons (Fsp3) is 0.222. The smallest absolute Gasteiger partial charge is 0.230 e. The molecular formula is C18H19N3OS2. The molecule has 0 aliphatic carbocycles. The van der Waals surface area contributed by atoms with Crippen LogP contribution in [0.4, 0.5) is 0 Å². The molecule has 2 aromatic heterocycles. The summed E-state index contributed by atoms with van der Waals surface area (Å²) >= 11 is 3.08. The van der Waals surface area contributed by atoms with Gasteiger partial charge in [-0.05, 0) is 23.9 Å². The highest BCUT2D eigenvalue weighted by Crippen LogP contribution is 2.19. The van der Waals surface area contributed by atoms with E-state index in [2.05, 4.69) is 27.4 Å². The third-order valence-electron chi connectivity index (χ3n) is 3.56. The van der Waals surface area contributed by atoms with Crippen LogP contribution < -0.4 is 5.32 Å². The number of carbonyl (C=O) groups is 1. The number of amides is 1. The monoisotopic (exact) mass is 357 g/mol. The van der Waals surface area contributed by atoms with E-state index in [-0.39, 0.29) is 5.91 Å². The zero-order valence-corrected chi connectivity index (χ0v) is 15.0. The van der Waals surface area contributed by atoms with E-state index in [1.54, 1.807) is 11.3 Å². The zero-order valence-electron chi connectivity index (χ0n) is 13.4. The van der Waals surface area contributed by atoms with Crippen molar-refractivity contribution in [3.05, 3.63) is 69.7 Å². The third-order valence-corrected chi connectivity index (χ3v) is 5.31. The minimum absolute atomic E-state index is 0.0204. The number of hydrogen-bond donors (Lipinski definition) is 2. The number of H-pyrrole nitrogens is 1. The molecule has 124 valence electrons. The Hall–Kier alpha value is -2.05. The molecule has 4 nitrogen and oxygen atoms in total. The Morgan fingerprint density at radius 2 is 2.08 bits per heavy atom. The normalized spacial score (nSPS) is 10.7. The number of rotatable bonds is 7. The van der Waals surface area contributed by atoms with E-state index in [9.17, 15) is 4.79 Å². The lowest BCUT2D eigenvalue weighted by Gasteiger charge is -2.02. The summed E-state index contributed by atoms with van der Waals surface area (Å²) in [5, 5.41) is 5.73. The van der Waals surface area contributed by atoms with E-state index >= 15 is 0 Å². The second kappa shape index (κ2) is 8.17. The van der Waals surface area contributed by atoms with Gasteiger partial charge in [0.2, 0.25) is 5.91 Å². The zero-order chi connectivity index (χ0) is 16.8. The number of thiophene rings is 1. The average Bonchev–Trinajstić information content (AvgIpc) is 3.22. The van der Waals surface area contributed by atoms with Crippen molar-refractivity contribution >= 4 is 29.0 Å². The summed E-state index contributed by atoms with van der Waals surface area (Å²) < 4.78 is 0. The van der Waals surface area contributed by atoms with E-state index < -0.39 is 0 Å². The van der Waals surface area contributed by atoms with Gasteiger partial charge in [-0.1, -0.05) is 48.2 Å². The topological polar surface area (TPSA) is 57.8 Å². The first kappa shape index (κ1) is 16.8. The van der Waals surface area contributed by atoms with Crippen LogP contribution in [0.3, 0.4) is 0 Å². The van der Waals surface area contributed by atoms with Gasteiger partial charge in [0.15, 0.2) is 5.16 Å². The van der Waals surface area contributed by atoms with Gasteiger partial charge in [0.05, 0.1) is 18.0 Å². The predicted molar refractivity (Wildman–Crippen MR) is 99.5 cm³/mol. The minimum atomic E-state index is 0.0204. The third kappa shape index (κ3) is 4.72. The lowest BCUT2D eigenvalue weighted by molar-refractivity contribution is -0.118. The van der Waals surface area contributed by atoms with Crippen LogP contribution in [0.2, 0.25) is 0 Å². The summed E-state index contributed by atoms with van der Waals surface area (Å²) in [6.45, 7) is 2.61. The van der Waals surface area contributed by atoms with E-state index in [0.717, 1.165) is 27.8 Å². The summed E-state index contributed by atoms with van der Waals surface area (Å²) in [5.41, 5.74) is 3.32. The van der Waals surface area contributed by atoms with Gasteiger partial charge in [0.25, 0.3) is 0 Å². The van der Waals surface area contributed by atoms with Crippen molar-refractivity contribution in [1.82, 2.24) is 15.3 Å². The molecule has 0 bridgehead atoms. The maximum Gasteiger partial charge on any atom is 0.230 e. The number of benzene rings is 1. The molecule has 24 heavy (non-hydrogen) atoms. The highest BCUT2D eigenvalue weighted by atomic mass is 32.2. The van der Waals surface area contributed by atoms with Crippen LogP contribution in [0.25, 0.3) is 0 Å². The molecule has 2 N–H and O–H groups in total. The van der Waals surface area contributed by atoms with Crippen LogP contribution in [-0.4, -0.2) is 21.6 Å². The van der Waals surface area contributed by atoms with Crippen LogP contribution in [-0.2, 0) is 17.8 Å². The molecule has 3 aromatic rings. The number of hydrogen-bond acceptors (Lipinski definition) is 4. The van der Waals surface area contributed by atoms with Gasteiger partial charge in [-0.2, -0.15) is 0 Å². The van der Waals surface area contributed by atoms with E-state index in [4.69, 9.17) is 0 Å². The molecule has 0 saturated carbocycles. The Bertz CT molecular complexity index is 782. The maximum atomic E-state index is 11.9. The van der Waals surface area contributed by atoms with Crippen molar-refractivity contribution in [2.45, 2.75) is 25.0 Å². The summed E-state index contributed by atoms with van der Waals surface area (Å²) in [4.78, 5) is 21.0. The van der Waals surface area contributed by atoms with Gasteiger partial charge in [-0.3, -0.25) is 4.79 Å². The molecule has 3 rings (SSSR count). The summed E-state index contributed by atoms with van der Waals surface area (Å²) in [6, 6.07) is 14.3. The van der Waals surface area contributed by atoms with Crippen molar-refractivity contribution in [1.29, 1.82) is 0 Å². The molecule has 0 aliphatic heterocycles. The number of aromatic nitrogens is 2. The van der Waals surface area contributed by atoms with Crippen LogP contribution in [0.1, 0.15) is 21.8 Å². The number of thioether (sulfide) groups is 1. The highest BCUT2D eigenvalue weighted by Gasteiger charge is 2.10. The van der Waals surface area contributed by atoms with Crippen molar-refractivity contribution in [3.8, 4) is 0 Å². The molecule has 6 heteroatoms. The highest BCUT2D eigenvalue weighted by molar-refractivity contribution is 7.99. The Morgan fingerprint density at radius 1 is 1.25 bits per heavy atom. The fourth-order valence-corrected chi connectivity index (χ4v) is 3.69. The van der Waals surface area contributed by atoms with E-state index in [1.165, 1.54) is 17.3 Å². The molecule has 1 amide bonds. The minimum Gasteiger partial charge on any atom is -0.350 e. The van der Waals surface area contributed by atoms with Gasteiger partial charge in [0, 0.05) is 17.0 Å². The Kier molecular flexibility index (Phi) is 5.72. The average molecular weight is 358 g/mol. The molecule has 0 radical (unpaired) electrons. The van der Waals surface area contributed by atoms with Gasteiger partial charge in [0.1, 0.15) is 0 Å². The second-order valence-corrected chi connectivity index (χ2v) is 7.42. The van der Waals surface area contributed by atoms with Crippen LogP contribution in [0.15, 0.2) is 53.0 Å². The van der Waals surface area contributed by atoms with Crippen molar-refractivity contribution < 1.29 is 4.79 Å². The Morgan fingerprint density at radius 3 is 2.83 bits per heavy atom. The first-order valence-corrected chi connectivity index (χ1v) is 9.58. The number of aromatic amines is 1. The second-order valence-electron chi connectivity index (χ2n) is 5.42. The van der Waals surface area contributed by atoms with E-state index in [0.29, 0.717) is 12.3 Å². The lowest BCUT2D eigenvalue weighted by Crippen LogP contribution is -2.24. The first-order chi connectivity index (χ1) is 11.7. The molecule has 0 aliphatic rings. The molecule has 1 aromatic carbocycles. The van der Waals surface area contributed by atoms with Gasteiger partial charge in [-0.25, -0.2) is 4.98 Å². The molecule has 0 spiro atoms. The number of nitrogens with zero attached hydrogens (tertiary/aromatic N) is 1. The predicted octanol–water partition coefficient (Wildman–Crippen LogP) is 3.78. The van der Waals surface area contributed by atoms with Crippen molar-refractivity contribution in [3.63, 3.8) is 0 Å². The molecule has 0 atom stereocenters. The van der Waals surface area contributed by atoms with Crippen LogP contribution in [0, 0.1) is 6.92 Å². The van der Waals surface area contributed by atoms with Gasteiger partial charge in [-0.15, -0.1) is 11.3 Å². The molecule has 2 heterocycles. The fourth-order valence-electron chi connectivity index (χ4n) is 2.28. The summed E-state index contributed by atoms with van der Waals surface area (Å²) in [5.74, 6) is 0.385. The SMILES string of the molecule is Cc1[nH]c(SCC(=O)NCc2cccs2)nc1Cc1ccccc1. The Balaban J connectivity index is 1.50. The van der Waals surface area contributed by atoms with Crippen molar-refractivity contribution in [2.75, 3.05) is 5.75 Å². The Labute approximate surface area is 149 Å². The standard InChI is InChI=1S/C18H19N3OS2/c1-13-16(10-14-6-3-2-4-7-14)21-18(20-13)24-12-17(22)19-11-15-8-5-9-23-15/h2-9H,10-12H2,1H3,(H,19,22)(H,20,21). The first-order valence-electron chi connectivity index (χ1n) is 7.72. The number of aryl methyl sites for hydroxylation is 1. The van der Waals surface area contributed by atoms with Gasteiger partial charge >= 0.3 is 0 Å². The number of nitrogens with one attached hydrogen (secondary N) is 2. The van der Waals surface area contributed by atoms with Gasteiger partial charge < -0.3 is 10.3 Å². The quantitative estimate of drug-likeness (QED) is 0.633. The summed E-state index contributed by atoms with van der Waals surface area (Å²) in [7, 11) is 0. The van der Waals surface area contributed by atoms with Crippen LogP contribution in [0.5, 0.6) is 0 Å². The number of carbonyl (C=O) groups excluding carboxylic acids is 1. The lowest BCUT2D eigenvalue weighted by atomic mass is 10.1. The van der Waals surface area contributed by atoms with Crippen molar-refractivity contribution in [2.24, 2.45) is 0 Å². The van der Waals surface area contributed by atoms with Crippen LogP contribution >= 0.6 is 23.1 Å². The molecule has 0 saturated heterocycles. The molecular weight excluding hydrogens is 338 g/mol. The molecule has 0 fully saturated rings. The van der Waals surface area contributed by atoms with E-state index in [1.807, 2.05) is 42.6 Å². The maximum absolute atomic E-state index is 11.9. The largest absolute Gasteiger partial charge is 0.350 e. The summed E-state index contributed by atoms with van der Waals surface area (Å²) in [6.07, 6.45) is 0.800. The molecule has 0 unspecified atom stereocenters. The number of imidazole rings is 1.